The average Bonchev–Trinajstić information content (AvgIpc) is 3.32. The van der Waals surface area contributed by atoms with E-state index in [1.807, 2.05) is 0 Å². The van der Waals surface area contributed by atoms with E-state index in [-0.39, 0.29) is 0 Å². The first-order chi connectivity index (χ1) is 9.85. The smallest absolute Gasteiger partial charge is 0.0462 e. The van der Waals surface area contributed by atoms with Crippen LogP contribution in [-0.2, 0) is 5.54 Å². The second-order valence-electron chi connectivity index (χ2n) is 6.38. The minimum atomic E-state index is 0.367. The van der Waals surface area contributed by atoms with Crippen LogP contribution in [0.4, 0.5) is 0 Å². The third kappa shape index (κ3) is 2.91. The fraction of sp³-hybridized carbons (Fsp3) is 0.667. The van der Waals surface area contributed by atoms with Crippen molar-refractivity contribution in [1.82, 2.24) is 9.80 Å². The van der Waals surface area contributed by atoms with E-state index < -0.39 is 0 Å². The third-order valence-electron chi connectivity index (χ3n) is 5.16. The van der Waals surface area contributed by atoms with Gasteiger partial charge in [0, 0.05) is 18.6 Å². The van der Waals surface area contributed by atoms with Crippen molar-refractivity contribution < 1.29 is 0 Å². The largest absolute Gasteiger partial charge is 0.302 e. The summed E-state index contributed by atoms with van der Waals surface area (Å²) in [4.78, 5) is 5.38. The molecule has 1 saturated heterocycles. The van der Waals surface area contributed by atoms with E-state index in [1.54, 1.807) is 0 Å². The van der Waals surface area contributed by atoms with E-state index in [1.165, 1.54) is 70.4 Å². The summed E-state index contributed by atoms with van der Waals surface area (Å²) >= 11 is 0. The Hall–Kier alpha value is -0.860. The second-order valence-corrected chi connectivity index (χ2v) is 6.38. The lowest BCUT2D eigenvalue weighted by atomic mass is 10.0. The highest BCUT2D eigenvalue weighted by Gasteiger charge is 2.48. The number of rotatable bonds is 6. The van der Waals surface area contributed by atoms with E-state index in [2.05, 4.69) is 47.1 Å². The Kier molecular flexibility index (Phi) is 4.42. The number of likely N-dealkylation sites (N-methyl/N-ethyl adjacent to an activating group) is 1. The van der Waals surface area contributed by atoms with Crippen LogP contribution in [0.1, 0.15) is 44.6 Å². The van der Waals surface area contributed by atoms with E-state index in [9.17, 15) is 0 Å². The van der Waals surface area contributed by atoms with Crippen LogP contribution in [0, 0.1) is 0 Å². The van der Waals surface area contributed by atoms with Gasteiger partial charge in [-0.2, -0.15) is 0 Å². The Morgan fingerprint density at radius 3 is 2.35 bits per heavy atom. The Morgan fingerprint density at radius 1 is 1.05 bits per heavy atom. The Labute approximate surface area is 123 Å². The lowest BCUT2D eigenvalue weighted by Gasteiger charge is -2.34. The van der Waals surface area contributed by atoms with Crippen LogP contribution in [0.25, 0.3) is 0 Å². The minimum absolute atomic E-state index is 0.367. The van der Waals surface area contributed by atoms with Gasteiger partial charge in [-0.3, -0.25) is 4.90 Å². The predicted molar refractivity (Wildman–Crippen MR) is 84.9 cm³/mol. The molecule has 1 aromatic carbocycles. The quantitative estimate of drug-likeness (QED) is 0.782. The molecular formula is C18H28N2. The van der Waals surface area contributed by atoms with E-state index in [0.29, 0.717) is 5.54 Å². The fourth-order valence-corrected chi connectivity index (χ4v) is 3.77. The molecule has 1 heterocycles. The molecule has 2 heteroatoms. The molecule has 1 aliphatic carbocycles. The van der Waals surface area contributed by atoms with Gasteiger partial charge in [0.2, 0.25) is 0 Å². The van der Waals surface area contributed by atoms with Gasteiger partial charge in [-0.25, -0.2) is 0 Å². The van der Waals surface area contributed by atoms with Crippen LogP contribution in [-0.4, -0.2) is 42.5 Å². The van der Waals surface area contributed by atoms with E-state index in [4.69, 9.17) is 0 Å². The number of nitrogens with zero attached hydrogens (tertiary/aromatic N) is 2. The first kappa shape index (κ1) is 14.1. The van der Waals surface area contributed by atoms with Gasteiger partial charge in [0.1, 0.15) is 0 Å². The second kappa shape index (κ2) is 6.28. The van der Waals surface area contributed by atoms with Gasteiger partial charge in [-0.05, 0) is 50.9 Å². The number of hydrogen-bond donors (Lipinski definition) is 0. The summed E-state index contributed by atoms with van der Waals surface area (Å²) in [5.41, 5.74) is 1.90. The van der Waals surface area contributed by atoms with Crippen LogP contribution in [0.5, 0.6) is 0 Å². The van der Waals surface area contributed by atoms with Crippen LogP contribution in [0.2, 0.25) is 0 Å². The molecule has 3 rings (SSSR count). The van der Waals surface area contributed by atoms with Gasteiger partial charge >= 0.3 is 0 Å². The maximum Gasteiger partial charge on any atom is 0.0462 e. The summed E-state index contributed by atoms with van der Waals surface area (Å²) in [5.74, 6) is 0. The molecule has 0 amide bonds. The molecule has 0 N–H and O–H groups in total. The first-order valence-corrected chi connectivity index (χ1v) is 8.38. The molecule has 0 aromatic heterocycles. The summed E-state index contributed by atoms with van der Waals surface area (Å²) < 4.78 is 0. The summed E-state index contributed by atoms with van der Waals surface area (Å²) in [7, 11) is 0. The number of benzene rings is 1. The van der Waals surface area contributed by atoms with Crippen LogP contribution >= 0.6 is 0 Å². The van der Waals surface area contributed by atoms with Crippen LogP contribution in [0.3, 0.4) is 0 Å². The molecule has 2 aliphatic rings. The average molecular weight is 272 g/mol. The number of hydrogen-bond acceptors (Lipinski definition) is 2. The summed E-state index contributed by atoms with van der Waals surface area (Å²) in [6.07, 6.45) is 6.91. The predicted octanol–water partition coefficient (Wildman–Crippen LogP) is 3.48. The van der Waals surface area contributed by atoms with Gasteiger partial charge in [0.05, 0.1) is 0 Å². The number of piperidine rings is 1. The van der Waals surface area contributed by atoms with Crippen molar-refractivity contribution >= 4 is 0 Å². The third-order valence-corrected chi connectivity index (χ3v) is 5.16. The lowest BCUT2D eigenvalue weighted by Crippen LogP contribution is -2.42. The van der Waals surface area contributed by atoms with Crippen molar-refractivity contribution in [3.8, 4) is 0 Å². The summed E-state index contributed by atoms with van der Waals surface area (Å²) in [6.45, 7) is 8.60. The molecule has 0 atom stereocenters. The highest BCUT2D eigenvalue weighted by Crippen LogP contribution is 2.50. The van der Waals surface area contributed by atoms with Gasteiger partial charge in [-0.1, -0.05) is 43.7 Å². The van der Waals surface area contributed by atoms with Crippen molar-refractivity contribution in [2.24, 2.45) is 0 Å². The molecule has 1 aliphatic heterocycles. The molecule has 2 fully saturated rings. The summed E-state index contributed by atoms with van der Waals surface area (Å²) in [5, 5.41) is 0. The SMILES string of the molecule is CCN(CCN1CCCCC1)C1(c2ccccc2)CC1. The molecule has 0 bridgehead atoms. The van der Waals surface area contributed by atoms with E-state index >= 15 is 0 Å². The topological polar surface area (TPSA) is 6.48 Å². The molecule has 1 aromatic rings. The highest BCUT2D eigenvalue weighted by molar-refractivity contribution is 5.30. The van der Waals surface area contributed by atoms with Crippen LogP contribution < -0.4 is 0 Å². The number of likely N-dealkylation sites (tertiary alicyclic amines) is 1. The monoisotopic (exact) mass is 272 g/mol. The molecule has 20 heavy (non-hydrogen) atoms. The first-order valence-electron chi connectivity index (χ1n) is 8.38. The standard InChI is InChI=1S/C18H28N2/c1-2-20(16-15-19-13-7-4-8-14-19)18(11-12-18)17-9-5-3-6-10-17/h3,5-6,9-10H,2,4,7-8,11-16H2,1H3. The van der Waals surface area contributed by atoms with Gasteiger partial charge in [0.25, 0.3) is 0 Å². The Bertz CT molecular complexity index is 405. The molecule has 0 radical (unpaired) electrons. The lowest BCUT2D eigenvalue weighted by molar-refractivity contribution is 0.140. The Morgan fingerprint density at radius 2 is 1.75 bits per heavy atom. The zero-order chi connectivity index (χ0) is 13.8. The van der Waals surface area contributed by atoms with Crippen molar-refractivity contribution in [1.29, 1.82) is 0 Å². The fourth-order valence-electron chi connectivity index (χ4n) is 3.77. The molecule has 2 nitrogen and oxygen atoms in total. The highest BCUT2D eigenvalue weighted by atomic mass is 15.3. The Balaban J connectivity index is 1.61. The van der Waals surface area contributed by atoms with Crippen molar-refractivity contribution in [2.45, 2.75) is 44.6 Å². The van der Waals surface area contributed by atoms with Crippen molar-refractivity contribution in [2.75, 3.05) is 32.7 Å². The molecule has 0 unspecified atom stereocenters. The van der Waals surface area contributed by atoms with Crippen molar-refractivity contribution in [3.05, 3.63) is 35.9 Å². The van der Waals surface area contributed by atoms with Gasteiger partial charge < -0.3 is 4.90 Å². The molecule has 1 saturated carbocycles. The normalized spacial score (nSPS) is 22.1. The molecule has 0 spiro atoms. The zero-order valence-electron chi connectivity index (χ0n) is 12.9. The maximum atomic E-state index is 2.72. The van der Waals surface area contributed by atoms with Gasteiger partial charge in [0.15, 0.2) is 0 Å². The summed E-state index contributed by atoms with van der Waals surface area (Å²) in [6, 6.07) is 11.1. The van der Waals surface area contributed by atoms with Crippen LogP contribution in [0.15, 0.2) is 30.3 Å². The zero-order valence-corrected chi connectivity index (χ0v) is 12.9. The maximum absolute atomic E-state index is 2.72. The molecular weight excluding hydrogens is 244 g/mol. The minimum Gasteiger partial charge on any atom is -0.302 e. The molecule has 110 valence electrons. The van der Waals surface area contributed by atoms with Gasteiger partial charge in [-0.15, -0.1) is 0 Å². The van der Waals surface area contributed by atoms with E-state index in [0.717, 1.165) is 0 Å². The van der Waals surface area contributed by atoms with Crippen molar-refractivity contribution in [3.63, 3.8) is 0 Å².